The fourth-order valence-electron chi connectivity index (χ4n) is 2.64. The van der Waals surface area contributed by atoms with Gasteiger partial charge in [0.25, 0.3) is 5.91 Å². The highest BCUT2D eigenvalue weighted by atomic mass is 32.2. The smallest absolute Gasteiger partial charge is 0.315 e. The van der Waals surface area contributed by atoms with Gasteiger partial charge in [-0.1, -0.05) is 41.6 Å². The van der Waals surface area contributed by atoms with Crippen molar-refractivity contribution < 1.29 is 22.5 Å². The molecule has 3 rings (SSSR count). The molecule has 2 amide bonds. The molecule has 156 valence electrons. The summed E-state index contributed by atoms with van der Waals surface area (Å²) in [6.45, 7) is 2.17. The third kappa shape index (κ3) is 5.29. The van der Waals surface area contributed by atoms with E-state index in [1.807, 2.05) is 19.1 Å². The first-order chi connectivity index (χ1) is 14.4. The zero-order valence-electron chi connectivity index (χ0n) is 16.2. The minimum Gasteiger partial charge on any atom is -0.350 e. The summed E-state index contributed by atoms with van der Waals surface area (Å²) in [7, 11) is -3.65. The van der Waals surface area contributed by atoms with Crippen LogP contribution in [-0.4, -0.2) is 43.5 Å². The van der Waals surface area contributed by atoms with Crippen molar-refractivity contribution in [2.24, 2.45) is 0 Å². The molecule has 0 saturated carbocycles. The number of nitrogens with zero attached hydrogens (tertiary/aromatic N) is 2. The lowest BCUT2D eigenvalue weighted by molar-refractivity contribution is 0.0898. The van der Waals surface area contributed by atoms with Crippen molar-refractivity contribution in [2.75, 3.05) is 13.1 Å². The zero-order chi connectivity index (χ0) is 21.6. The van der Waals surface area contributed by atoms with Crippen LogP contribution < -0.4 is 10.6 Å². The molecule has 0 spiro atoms. The third-order valence-electron chi connectivity index (χ3n) is 4.17. The van der Waals surface area contributed by atoms with Gasteiger partial charge in [-0.25, -0.2) is 8.42 Å². The molecule has 0 fully saturated rings. The molecule has 0 radical (unpaired) electrons. The van der Waals surface area contributed by atoms with Crippen molar-refractivity contribution in [3.05, 3.63) is 77.4 Å². The quantitative estimate of drug-likeness (QED) is 0.520. The maximum atomic E-state index is 12.3. The van der Waals surface area contributed by atoms with Crippen LogP contribution in [0.1, 0.15) is 32.4 Å². The molecule has 0 unspecified atom stereocenters. The Morgan fingerprint density at radius 3 is 2.27 bits per heavy atom. The molecule has 9 nitrogen and oxygen atoms in total. The summed E-state index contributed by atoms with van der Waals surface area (Å²) in [6, 6.07) is 15.0. The highest BCUT2D eigenvalue weighted by Crippen LogP contribution is 2.14. The van der Waals surface area contributed by atoms with Crippen molar-refractivity contribution in [1.82, 2.24) is 20.8 Å². The van der Waals surface area contributed by atoms with Crippen LogP contribution in [0.4, 0.5) is 0 Å². The maximum absolute atomic E-state index is 12.3. The van der Waals surface area contributed by atoms with Gasteiger partial charge in [-0.15, -0.1) is 0 Å². The van der Waals surface area contributed by atoms with Gasteiger partial charge in [-0.2, -0.15) is 4.98 Å². The van der Waals surface area contributed by atoms with Gasteiger partial charge in [0.1, 0.15) is 5.75 Å². The topological polar surface area (TPSA) is 131 Å². The van der Waals surface area contributed by atoms with E-state index in [1.54, 1.807) is 30.3 Å². The van der Waals surface area contributed by atoms with Crippen LogP contribution in [-0.2, 0) is 15.6 Å². The van der Waals surface area contributed by atoms with Gasteiger partial charge < -0.3 is 15.2 Å². The monoisotopic (exact) mass is 428 g/mol. The summed E-state index contributed by atoms with van der Waals surface area (Å²) in [6.07, 6.45) is 0. The molecule has 0 atom stereocenters. The van der Waals surface area contributed by atoms with E-state index in [0.717, 1.165) is 5.56 Å². The van der Waals surface area contributed by atoms with E-state index in [2.05, 4.69) is 20.8 Å². The van der Waals surface area contributed by atoms with Crippen molar-refractivity contribution in [3.8, 4) is 0 Å². The zero-order valence-corrected chi connectivity index (χ0v) is 17.0. The Kier molecular flexibility index (Phi) is 6.58. The Morgan fingerprint density at radius 1 is 0.933 bits per heavy atom. The summed E-state index contributed by atoms with van der Waals surface area (Å²) >= 11 is 0. The molecule has 0 bridgehead atoms. The molecule has 1 heterocycles. The molecule has 0 aliphatic rings. The molecular formula is C20H20N4O5S. The number of aryl methyl sites for hydroxylation is 1. The molecule has 1 aromatic heterocycles. The van der Waals surface area contributed by atoms with Crippen LogP contribution in [0.5, 0.6) is 0 Å². The Balaban J connectivity index is 1.49. The van der Waals surface area contributed by atoms with Crippen LogP contribution in [0.3, 0.4) is 0 Å². The van der Waals surface area contributed by atoms with Crippen molar-refractivity contribution in [3.63, 3.8) is 0 Å². The lowest BCUT2D eigenvalue weighted by Crippen LogP contribution is -2.35. The van der Waals surface area contributed by atoms with E-state index in [0.29, 0.717) is 5.56 Å². The molecule has 0 saturated heterocycles. The van der Waals surface area contributed by atoms with Gasteiger partial charge >= 0.3 is 11.8 Å². The number of sulfone groups is 1. The number of nitrogens with one attached hydrogen (secondary N) is 2. The molecular weight excluding hydrogens is 408 g/mol. The van der Waals surface area contributed by atoms with E-state index in [4.69, 9.17) is 4.52 Å². The summed E-state index contributed by atoms with van der Waals surface area (Å²) in [5, 5.41) is 8.79. The Hall–Kier alpha value is -3.53. The van der Waals surface area contributed by atoms with Crippen LogP contribution in [0, 0.1) is 6.92 Å². The first-order valence-electron chi connectivity index (χ1n) is 9.09. The van der Waals surface area contributed by atoms with Crippen LogP contribution in [0.2, 0.25) is 0 Å². The Bertz CT molecular complexity index is 1140. The minimum absolute atomic E-state index is 0.114. The predicted molar refractivity (Wildman–Crippen MR) is 107 cm³/mol. The summed E-state index contributed by atoms with van der Waals surface area (Å²) in [5.41, 5.74) is 1.41. The highest BCUT2D eigenvalue weighted by molar-refractivity contribution is 7.90. The SMILES string of the molecule is Cc1ccccc1C(=O)NCCNC(=O)c1nc(CS(=O)(=O)c2ccccc2)no1. The van der Waals surface area contributed by atoms with E-state index in [9.17, 15) is 18.0 Å². The summed E-state index contributed by atoms with van der Waals surface area (Å²) in [4.78, 5) is 28.2. The lowest BCUT2D eigenvalue weighted by Gasteiger charge is -2.07. The molecule has 30 heavy (non-hydrogen) atoms. The lowest BCUT2D eigenvalue weighted by atomic mass is 10.1. The number of amides is 2. The first-order valence-corrected chi connectivity index (χ1v) is 10.7. The fourth-order valence-corrected chi connectivity index (χ4v) is 3.83. The average Bonchev–Trinajstić information content (AvgIpc) is 3.20. The van der Waals surface area contributed by atoms with E-state index in [1.165, 1.54) is 12.1 Å². The Labute approximate surface area is 173 Å². The standard InChI is InChI=1S/C20H20N4O5S/c1-14-7-5-6-10-16(14)18(25)21-11-12-22-19(26)20-23-17(24-29-20)13-30(27,28)15-8-3-2-4-9-15/h2-10H,11-13H2,1H3,(H,21,25)(H,22,26). The van der Waals surface area contributed by atoms with Gasteiger partial charge in [0.05, 0.1) is 4.90 Å². The largest absolute Gasteiger partial charge is 0.350 e. The number of benzene rings is 2. The Morgan fingerprint density at radius 2 is 1.57 bits per heavy atom. The normalized spacial score (nSPS) is 11.1. The number of carbonyl (C=O) groups is 2. The van der Waals surface area contributed by atoms with E-state index >= 15 is 0 Å². The van der Waals surface area contributed by atoms with E-state index in [-0.39, 0.29) is 35.6 Å². The highest BCUT2D eigenvalue weighted by Gasteiger charge is 2.21. The maximum Gasteiger partial charge on any atom is 0.315 e. The van der Waals surface area contributed by atoms with Gasteiger partial charge in [0.15, 0.2) is 15.7 Å². The first kappa shape index (κ1) is 21.2. The van der Waals surface area contributed by atoms with Crippen LogP contribution in [0.25, 0.3) is 0 Å². The van der Waals surface area contributed by atoms with Gasteiger partial charge in [-0.05, 0) is 30.7 Å². The summed E-state index contributed by atoms with van der Waals surface area (Å²) in [5.74, 6) is -1.85. The number of rotatable bonds is 8. The van der Waals surface area contributed by atoms with Crippen molar-refractivity contribution in [1.29, 1.82) is 0 Å². The summed E-state index contributed by atoms with van der Waals surface area (Å²) < 4.78 is 29.5. The second-order valence-corrected chi connectivity index (χ2v) is 8.40. The van der Waals surface area contributed by atoms with Crippen molar-refractivity contribution >= 4 is 21.7 Å². The predicted octanol–water partition coefficient (Wildman–Crippen LogP) is 1.51. The van der Waals surface area contributed by atoms with Crippen molar-refractivity contribution in [2.45, 2.75) is 17.6 Å². The van der Waals surface area contributed by atoms with Gasteiger partial charge in [0.2, 0.25) is 0 Å². The van der Waals surface area contributed by atoms with E-state index < -0.39 is 21.5 Å². The third-order valence-corrected chi connectivity index (χ3v) is 5.80. The second-order valence-electron chi connectivity index (χ2n) is 6.41. The molecule has 2 N–H and O–H groups in total. The number of hydrogen-bond donors (Lipinski definition) is 2. The van der Waals surface area contributed by atoms with Crippen LogP contribution >= 0.6 is 0 Å². The molecule has 2 aromatic carbocycles. The van der Waals surface area contributed by atoms with Gasteiger partial charge in [0, 0.05) is 18.7 Å². The number of hydrogen-bond acceptors (Lipinski definition) is 7. The minimum atomic E-state index is -3.65. The van der Waals surface area contributed by atoms with Crippen LogP contribution in [0.15, 0.2) is 64.0 Å². The van der Waals surface area contributed by atoms with Gasteiger partial charge in [-0.3, -0.25) is 9.59 Å². The second kappa shape index (κ2) is 9.31. The molecule has 10 heteroatoms. The molecule has 3 aromatic rings. The fraction of sp³-hybridized carbons (Fsp3) is 0.200. The number of carbonyl (C=O) groups excluding carboxylic acids is 2. The number of aromatic nitrogens is 2. The average molecular weight is 428 g/mol. The molecule has 0 aliphatic heterocycles. The molecule has 0 aliphatic carbocycles.